The number of fused-ring (bicyclic) bond motifs is 2. The maximum Gasteiger partial charge on any atom is 0.179 e. The summed E-state index contributed by atoms with van der Waals surface area (Å²) in [5, 5.41) is 8.74. The molecular weight excluding hydrogens is 288 g/mol. The lowest BCUT2D eigenvalue weighted by atomic mass is 10.2. The van der Waals surface area contributed by atoms with Crippen LogP contribution in [0.4, 0.5) is 0 Å². The number of nitrogens with zero attached hydrogens (tertiary/aromatic N) is 2. The first-order chi connectivity index (χ1) is 10.1. The van der Waals surface area contributed by atoms with Gasteiger partial charge in [0.15, 0.2) is 9.84 Å². The summed E-state index contributed by atoms with van der Waals surface area (Å²) in [4.78, 5) is 2.48. The van der Waals surface area contributed by atoms with Crippen molar-refractivity contribution in [3.63, 3.8) is 0 Å². The third-order valence-corrected chi connectivity index (χ3v) is 5.85. The average Bonchev–Trinajstić information content (AvgIpc) is 2.84. The summed E-state index contributed by atoms with van der Waals surface area (Å²) >= 11 is 0. The second-order valence-electron chi connectivity index (χ2n) is 5.67. The molecule has 2 fully saturated rings. The first-order valence-corrected chi connectivity index (χ1v) is 8.83. The number of hydrogen-bond acceptors (Lipinski definition) is 5. The first kappa shape index (κ1) is 14.5. The van der Waals surface area contributed by atoms with Gasteiger partial charge in [-0.15, -0.1) is 0 Å². The maximum atomic E-state index is 12.3. The molecule has 0 radical (unpaired) electrons. The van der Waals surface area contributed by atoms with Crippen LogP contribution in [0.3, 0.4) is 0 Å². The Kier molecular flexibility index (Phi) is 3.98. The fourth-order valence-corrected chi connectivity index (χ4v) is 4.27. The molecule has 6 heteroatoms. The SMILES string of the molecule is N#Cc1ccc(S(=O)(=O)CCN2CC3CCC(C2)O3)cc1. The Labute approximate surface area is 125 Å². The molecule has 0 N–H and O–H groups in total. The lowest BCUT2D eigenvalue weighted by Crippen LogP contribution is -2.44. The number of nitriles is 1. The number of benzene rings is 1. The Hall–Kier alpha value is -1.42. The van der Waals surface area contributed by atoms with Crippen molar-refractivity contribution in [2.75, 3.05) is 25.4 Å². The summed E-state index contributed by atoms with van der Waals surface area (Å²) in [6, 6.07) is 8.10. The molecular formula is C15H18N2O3S. The Balaban J connectivity index is 1.62. The van der Waals surface area contributed by atoms with Crippen molar-refractivity contribution in [3.8, 4) is 6.07 Å². The highest BCUT2D eigenvalue weighted by atomic mass is 32.2. The molecule has 5 nitrogen and oxygen atoms in total. The highest BCUT2D eigenvalue weighted by Gasteiger charge is 2.33. The molecule has 2 atom stereocenters. The van der Waals surface area contributed by atoms with Crippen molar-refractivity contribution in [1.82, 2.24) is 4.90 Å². The summed E-state index contributed by atoms with van der Waals surface area (Å²) in [5.41, 5.74) is 0.471. The smallest absolute Gasteiger partial charge is 0.179 e. The molecule has 0 aliphatic carbocycles. The van der Waals surface area contributed by atoms with Crippen molar-refractivity contribution in [1.29, 1.82) is 5.26 Å². The molecule has 3 rings (SSSR count). The zero-order chi connectivity index (χ0) is 14.9. The molecule has 0 aromatic heterocycles. The van der Waals surface area contributed by atoms with E-state index in [0.717, 1.165) is 25.9 Å². The zero-order valence-corrected chi connectivity index (χ0v) is 12.6. The predicted octanol–water partition coefficient (Wildman–Crippen LogP) is 1.20. The minimum absolute atomic E-state index is 0.109. The quantitative estimate of drug-likeness (QED) is 0.836. The van der Waals surface area contributed by atoms with Gasteiger partial charge in [0.05, 0.1) is 34.5 Å². The molecule has 1 aromatic rings. The summed E-state index contributed by atoms with van der Waals surface area (Å²) in [6.45, 7) is 2.21. The van der Waals surface area contributed by atoms with Gasteiger partial charge in [-0.1, -0.05) is 0 Å². The van der Waals surface area contributed by atoms with Gasteiger partial charge in [0.25, 0.3) is 0 Å². The lowest BCUT2D eigenvalue weighted by Gasteiger charge is -2.31. The zero-order valence-electron chi connectivity index (χ0n) is 11.7. The fraction of sp³-hybridized carbons (Fsp3) is 0.533. The summed E-state index contributed by atoms with van der Waals surface area (Å²) in [6.07, 6.45) is 2.73. The van der Waals surface area contributed by atoms with Gasteiger partial charge in [-0.05, 0) is 37.1 Å². The molecule has 2 unspecified atom stereocenters. The Morgan fingerprint density at radius 1 is 1.19 bits per heavy atom. The van der Waals surface area contributed by atoms with Crippen LogP contribution >= 0.6 is 0 Å². The van der Waals surface area contributed by atoms with E-state index in [0.29, 0.717) is 12.1 Å². The fourth-order valence-electron chi connectivity index (χ4n) is 2.99. The Morgan fingerprint density at radius 3 is 2.38 bits per heavy atom. The normalized spacial score (nSPS) is 25.7. The molecule has 21 heavy (non-hydrogen) atoms. The van der Waals surface area contributed by atoms with Crippen molar-refractivity contribution >= 4 is 9.84 Å². The van der Waals surface area contributed by atoms with Crippen LogP contribution in [0.1, 0.15) is 18.4 Å². The van der Waals surface area contributed by atoms with Gasteiger partial charge in [0.2, 0.25) is 0 Å². The van der Waals surface area contributed by atoms with Crippen LogP contribution < -0.4 is 0 Å². The van der Waals surface area contributed by atoms with E-state index in [-0.39, 0.29) is 22.9 Å². The minimum atomic E-state index is -3.29. The standard InChI is InChI=1S/C15H18N2O3S/c16-9-12-1-5-15(6-2-12)21(18,19)8-7-17-10-13-3-4-14(11-17)20-13/h1-2,5-6,13-14H,3-4,7-8,10-11H2. The lowest BCUT2D eigenvalue weighted by molar-refractivity contribution is -0.0361. The molecule has 0 amide bonds. The van der Waals surface area contributed by atoms with E-state index in [9.17, 15) is 8.42 Å². The molecule has 112 valence electrons. The van der Waals surface area contributed by atoms with E-state index < -0.39 is 9.84 Å². The van der Waals surface area contributed by atoms with Crippen molar-refractivity contribution in [2.45, 2.75) is 29.9 Å². The maximum absolute atomic E-state index is 12.3. The van der Waals surface area contributed by atoms with Crippen LogP contribution in [0.2, 0.25) is 0 Å². The van der Waals surface area contributed by atoms with E-state index in [1.54, 1.807) is 12.1 Å². The third-order valence-electron chi connectivity index (χ3n) is 4.14. The Bertz CT molecular complexity index is 636. The van der Waals surface area contributed by atoms with Gasteiger partial charge in [0, 0.05) is 19.6 Å². The molecule has 2 heterocycles. The molecule has 0 spiro atoms. The Morgan fingerprint density at radius 2 is 1.81 bits per heavy atom. The van der Waals surface area contributed by atoms with Gasteiger partial charge >= 0.3 is 0 Å². The molecule has 1 aromatic carbocycles. The number of sulfone groups is 1. The van der Waals surface area contributed by atoms with Crippen LogP contribution in [-0.4, -0.2) is 50.9 Å². The summed E-state index contributed by atoms with van der Waals surface area (Å²) < 4.78 is 30.4. The number of ether oxygens (including phenoxy) is 1. The predicted molar refractivity (Wildman–Crippen MR) is 77.5 cm³/mol. The van der Waals surface area contributed by atoms with Crippen LogP contribution in [-0.2, 0) is 14.6 Å². The van der Waals surface area contributed by atoms with E-state index in [1.165, 1.54) is 12.1 Å². The minimum Gasteiger partial charge on any atom is -0.372 e. The largest absolute Gasteiger partial charge is 0.372 e. The number of rotatable bonds is 4. The number of likely N-dealkylation sites (tertiary alicyclic amines) is 1. The van der Waals surface area contributed by atoms with Gasteiger partial charge in [-0.3, -0.25) is 4.90 Å². The topological polar surface area (TPSA) is 70.4 Å². The average molecular weight is 306 g/mol. The second-order valence-corrected chi connectivity index (χ2v) is 7.78. The number of morpholine rings is 1. The highest BCUT2D eigenvalue weighted by Crippen LogP contribution is 2.26. The van der Waals surface area contributed by atoms with Crippen molar-refractivity contribution in [2.24, 2.45) is 0 Å². The molecule has 2 saturated heterocycles. The van der Waals surface area contributed by atoms with Crippen LogP contribution in [0.5, 0.6) is 0 Å². The van der Waals surface area contributed by atoms with E-state index >= 15 is 0 Å². The molecule has 2 bridgehead atoms. The highest BCUT2D eigenvalue weighted by molar-refractivity contribution is 7.91. The van der Waals surface area contributed by atoms with E-state index in [2.05, 4.69) is 4.90 Å². The monoisotopic (exact) mass is 306 g/mol. The van der Waals surface area contributed by atoms with Gasteiger partial charge in [-0.2, -0.15) is 5.26 Å². The van der Waals surface area contributed by atoms with E-state index in [4.69, 9.17) is 10.00 Å². The van der Waals surface area contributed by atoms with Gasteiger partial charge in [0.1, 0.15) is 0 Å². The summed E-state index contributed by atoms with van der Waals surface area (Å²) in [5.74, 6) is 0.109. The molecule has 0 saturated carbocycles. The third kappa shape index (κ3) is 3.26. The first-order valence-electron chi connectivity index (χ1n) is 7.17. The second kappa shape index (κ2) is 5.76. The van der Waals surface area contributed by atoms with Crippen LogP contribution in [0.25, 0.3) is 0 Å². The molecule has 2 aliphatic rings. The van der Waals surface area contributed by atoms with E-state index in [1.807, 2.05) is 6.07 Å². The van der Waals surface area contributed by atoms with Crippen LogP contribution in [0.15, 0.2) is 29.2 Å². The van der Waals surface area contributed by atoms with Gasteiger partial charge in [-0.25, -0.2) is 8.42 Å². The van der Waals surface area contributed by atoms with Gasteiger partial charge < -0.3 is 4.74 Å². The summed E-state index contributed by atoms with van der Waals surface area (Å²) in [7, 11) is -3.29. The van der Waals surface area contributed by atoms with Crippen molar-refractivity contribution in [3.05, 3.63) is 29.8 Å². The van der Waals surface area contributed by atoms with Crippen LogP contribution in [0, 0.1) is 11.3 Å². The number of hydrogen-bond donors (Lipinski definition) is 0. The molecule has 2 aliphatic heterocycles. The van der Waals surface area contributed by atoms with Crippen molar-refractivity contribution < 1.29 is 13.2 Å².